The predicted octanol–water partition coefficient (Wildman–Crippen LogP) is 4.79. The smallest absolute Gasteiger partial charge is 0.290 e. The van der Waals surface area contributed by atoms with E-state index in [4.69, 9.17) is 0 Å². The highest BCUT2D eigenvalue weighted by Gasteiger charge is 2.23. The lowest BCUT2D eigenvalue weighted by atomic mass is 9.92. The number of nitrogens with one attached hydrogen (secondary N) is 1. The Labute approximate surface area is 180 Å². The first-order chi connectivity index (χ1) is 14.8. The fourth-order valence-electron chi connectivity index (χ4n) is 3.31. The van der Waals surface area contributed by atoms with Gasteiger partial charge in [-0.2, -0.15) is 10.2 Å². The number of aromatic hydroxyl groups is 1. The van der Waals surface area contributed by atoms with Gasteiger partial charge in [0.2, 0.25) is 0 Å². The van der Waals surface area contributed by atoms with Crippen molar-refractivity contribution in [3.8, 4) is 11.4 Å². The summed E-state index contributed by atoms with van der Waals surface area (Å²) in [4.78, 5) is 13.0. The maximum absolute atomic E-state index is 13.0. The van der Waals surface area contributed by atoms with Gasteiger partial charge in [-0.3, -0.25) is 4.79 Å². The highest BCUT2D eigenvalue weighted by molar-refractivity contribution is 6.03. The second-order valence-corrected chi connectivity index (χ2v) is 8.33. The molecule has 2 N–H and O–H groups in total. The quantitative estimate of drug-likeness (QED) is 0.373. The zero-order valence-electron chi connectivity index (χ0n) is 17.7. The van der Waals surface area contributed by atoms with Gasteiger partial charge in [0, 0.05) is 11.0 Å². The van der Waals surface area contributed by atoms with Crippen molar-refractivity contribution >= 4 is 22.9 Å². The molecule has 4 aromatic rings. The number of fused-ring (bicyclic) bond motifs is 1. The minimum Gasteiger partial charge on any atom is -0.507 e. The van der Waals surface area contributed by atoms with Crippen LogP contribution in [0.2, 0.25) is 0 Å². The Bertz CT molecular complexity index is 1270. The van der Waals surface area contributed by atoms with E-state index in [1.165, 1.54) is 6.21 Å². The highest BCUT2D eigenvalue weighted by atomic mass is 16.3. The third kappa shape index (κ3) is 4.19. The lowest BCUT2D eigenvalue weighted by molar-refractivity contribution is 0.0947. The minimum absolute atomic E-state index is 0.0982. The fraction of sp³-hybridized carbons (Fsp3) is 0.160. The number of nitrogens with zero attached hydrogens (tertiary/aromatic N) is 3. The number of aromatic nitrogens is 2. The molecule has 1 aromatic heterocycles. The van der Waals surface area contributed by atoms with Crippen molar-refractivity contribution in [1.29, 1.82) is 0 Å². The van der Waals surface area contributed by atoms with Gasteiger partial charge in [-0.15, -0.1) is 0 Å². The van der Waals surface area contributed by atoms with Crippen molar-refractivity contribution in [2.75, 3.05) is 0 Å². The molecule has 0 atom stereocenters. The molecule has 0 radical (unpaired) electrons. The molecule has 1 amide bonds. The molecule has 1 heterocycles. The van der Waals surface area contributed by atoms with Gasteiger partial charge >= 0.3 is 0 Å². The summed E-state index contributed by atoms with van der Waals surface area (Å²) in [6.45, 7) is 6.15. The lowest BCUT2D eigenvalue weighted by Crippen LogP contribution is -2.21. The Morgan fingerprint density at radius 3 is 2.48 bits per heavy atom. The largest absolute Gasteiger partial charge is 0.507 e. The molecule has 0 unspecified atom stereocenters. The molecule has 0 aliphatic carbocycles. The summed E-state index contributed by atoms with van der Waals surface area (Å²) in [6.07, 6.45) is 1.46. The minimum atomic E-state index is -0.386. The Hall–Kier alpha value is -3.93. The van der Waals surface area contributed by atoms with Crippen LogP contribution in [0.3, 0.4) is 0 Å². The molecule has 0 aliphatic heterocycles. The Kier molecular flexibility index (Phi) is 5.29. The van der Waals surface area contributed by atoms with E-state index in [0.29, 0.717) is 11.3 Å². The molecule has 31 heavy (non-hydrogen) atoms. The van der Waals surface area contributed by atoms with E-state index in [9.17, 15) is 9.90 Å². The van der Waals surface area contributed by atoms with Gasteiger partial charge in [0.15, 0.2) is 0 Å². The van der Waals surface area contributed by atoms with Crippen molar-refractivity contribution in [1.82, 2.24) is 15.2 Å². The number of carbonyl (C=O) groups is 1. The van der Waals surface area contributed by atoms with Crippen LogP contribution >= 0.6 is 0 Å². The Morgan fingerprint density at radius 1 is 1.03 bits per heavy atom. The molecule has 3 aromatic carbocycles. The maximum atomic E-state index is 13.0. The van der Waals surface area contributed by atoms with Gasteiger partial charge in [0.25, 0.3) is 5.91 Å². The number of rotatable bonds is 4. The molecule has 6 heteroatoms. The standard InChI is InChI=1S/C25H24N4O2/c1-25(2,3)23-15-21(29(28-23)18-10-5-4-6-11-18)24(31)27-26-16-20-19-12-8-7-9-17(19)13-14-22(20)30/h4-16,30H,1-3H3,(H,27,31)/b26-16+. The SMILES string of the molecule is CC(C)(C)c1cc(C(=O)N/N=C/c2c(O)ccc3ccccc23)n(-c2ccccc2)n1. The summed E-state index contributed by atoms with van der Waals surface area (Å²) in [5.41, 5.74) is 4.88. The Morgan fingerprint density at radius 2 is 1.74 bits per heavy atom. The summed E-state index contributed by atoms with van der Waals surface area (Å²) in [5, 5.41) is 20.9. The number of para-hydroxylation sites is 1. The molecule has 6 nitrogen and oxygen atoms in total. The molecule has 0 spiro atoms. The third-order valence-electron chi connectivity index (χ3n) is 5.02. The number of phenols is 1. The molecule has 0 fully saturated rings. The molecule has 0 saturated heterocycles. The van der Waals surface area contributed by atoms with Gasteiger partial charge in [0.05, 0.1) is 17.6 Å². The number of benzene rings is 3. The van der Waals surface area contributed by atoms with E-state index >= 15 is 0 Å². The number of hydrogen-bond donors (Lipinski definition) is 2. The monoisotopic (exact) mass is 412 g/mol. The van der Waals surface area contributed by atoms with Crippen LogP contribution in [0, 0.1) is 0 Å². The average molecular weight is 412 g/mol. The van der Waals surface area contributed by atoms with Crippen LogP contribution in [-0.4, -0.2) is 27.0 Å². The van der Waals surface area contributed by atoms with Gasteiger partial charge in [-0.1, -0.05) is 69.3 Å². The van der Waals surface area contributed by atoms with Crippen molar-refractivity contribution in [2.45, 2.75) is 26.2 Å². The van der Waals surface area contributed by atoms with Crippen LogP contribution in [0.1, 0.15) is 42.5 Å². The summed E-state index contributed by atoms with van der Waals surface area (Å²) in [5.74, 6) is -0.288. The molecule has 0 aliphatic rings. The van der Waals surface area contributed by atoms with Crippen LogP contribution in [0.15, 0.2) is 77.9 Å². The summed E-state index contributed by atoms with van der Waals surface area (Å²) in [6, 6.07) is 22.4. The van der Waals surface area contributed by atoms with Crippen molar-refractivity contribution in [2.24, 2.45) is 5.10 Å². The van der Waals surface area contributed by atoms with E-state index in [2.05, 4.69) is 15.6 Å². The van der Waals surface area contributed by atoms with Crippen molar-refractivity contribution < 1.29 is 9.90 Å². The normalized spacial score (nSPS) is 11.8. The van der Waals surface area contributed by atoms with Gasteiger partial charge < -0.3 is 5.11 Å². The van der Waals surface area contributed by atoms with Gasteiger partial charge in [-0.05, 0) is 35.0 Å². The average Bonchev–Trinajstić information content (AvgIpc) is 3.22. The summed E-state index contributed by atoms with van der Waals surface area (Å²) < 4.78 is 1.63. The van der Waals surface area contributed by atoms with Gasteiger partial charge in [0.1, 0.15) is 11.4 Å². The molecule has 156 valence electrons. The molecule has 0 bridgehead atoms. The van der Waals surface area contributed by atoms with Crippen LogP contribution in [0.4, 0.5) is 0 Å². The molecule has 0 saturated carbocycles. The molecular weight excluding hydrogens is 388 g/mol. The van der Waals surface area contributed by atoms with Crippen LogP contribution in [0.5, 0.6) is 5.75 Å². The predicted molar refractivity (Wildman–Crippen MR) is 123 cm³/mol. The van der Waals surface area contributed by atoms with Crippen LogP contribution in [-0.2, 0) is 5.41 Å². The summed E-state index contributed by atoms with van der Waals surface area (Å²) in [7, 11) is 0. The van der Waals surface area contributed by atoms with E-state index in [1.807, 2.05) is 81.4 Å². The van der Waals surface area contributed by atoms with Crippen LogP contribution < -0.4 is 5.43 Å². The van der Waals surface area contributed by atoms with E-state index < -0.39 is 0 Å². The second kappa shape index (κ2) is 8.07. The second-order valence-electron chi connectivity index (χ2n) is 8.33. The van der Waals surface area contributed by atoms with Crippen molar-refractivity contribution in [3.63, 3.8) is 0 Å². The van der Waals surface area contributed by atoms with Crippen LogP contribution in [0.25, 0.3) is 16.5 Å². The first-order valence-corrected chi connectivity index (χ1v) is 10.0. The first-order valence-electron chi connectivity index (χ1n) is 10.0. The highest BCUT2D eigenvalue weighted by Crippen LogP contribution is 2.26. The number of amides is 1. The van der Waals surface area contributed by atoms with E-state index in [-0.39, 0.29) is 17.1 Å². The zero-order valence-corrected chi connectivity index (χ0v) is 17.7. The number of hydrogen-bond acceptors (Lipinski definition) is 4. The molecular formula is C25H24N4O2. The van der Waals surface area contributed by atoms with E-state index in [1.54, 1.807) is 16.8 Å². The number of phenolic OH excluding ortho intramolecular Hbond substituents is 1. The zero-order chi connectivity index (χ0) is 22.0. The topological polar surface area (TPSA) is 79.5 Å². The number of hydrazone groups is 1. The first kappa shape index (κ1) is 20.3. The van der Waals surface area contributed by atoms with Gasteiger partial charge in [-0.25, -0.2) is 10.1 Å². The maximum Gasteiger partial charge on any atom is 0.290 e. The fourth-order valence-corrected chi connectivity index (χ4v) is 3.31. The summed E-state index contributed by atoms with van der Waals surface area (Å²) >= 11 is 0. The lowest BCUT2D eigenvalue weighted by Gasteiger charge is -2.14. The number of carbonyl (C=O) groups excluding carboxylic acids is 1. The Balaban J connectivity index is 1.65. The van der Waals surface area contributed by atoms with E-state index in [0.717, 1.165) is 22.2 Å². The van der Waals surface area contributed by atoms with Crippen molar-refractivity contribution in [3.05, 3.63) is 89.7 Å². The molecule has 4 rings (SSSR count). The third-order valence-corrected chi connectivity index (χ3v) is 5.02.